The Kier molecular flexibility index (Phi) is 6.21. The second kappa shape index (κ2) is 7.86. The lowest BCUT2D eigenvalue weighted by Crippen LogP contribution is -2.42. The SMILES string of the molecule is C#CCN(CC(=O)Nc1c(Cl)cccc1C(F)(F)F)C1CCS(=O)(=O)C1. The van der Waals surface area contributed by atoms with Crippen LogP contribution < -0.4 is 5.32 Å². The molecular formula is C16H16ClF3N2O3S. The number of nitrogens with one attached hydrogen (secondary N) is 1. The minimum Gasteiger partial charge on any atom is -0.323 e. The molecule has 1 atom stereocenters. The second-order valence-corrected chi connectivity index (χ2v) is 8.51. The van der Waals surface area contributed by atoms with Crippen LogP contribution in [0.5, 0.6) is 0 Å². The molecule has 142 valence electrons. The topological polar surface area (TPSA) is 66.5 Å². The lowest BCUT2D eigenvalue weighted by Gasteiger charge is -2.25. The third-order valence-electron chi connectivity index (χ3n) is 3.95. The Balaban J connectivity index is 2.16. The van der Waals surface area contributed by atoms with Crippen molar-refractivity contribution in [3.63, 3.8) is 0 Å². The first-order valence-electron chi connectivity index (χ1n) is 7.57. The molecule has 1 aliphatic heterocycles. The number of hydrogen-bond acceptors (Lipinski definition) is 4. The predicted octanol–water partition coefficient (Wildman–Crippen LogP) is 2.42. The Morgan fingerprint density at radius 3 is 2.65 bits per heavy atom. The molecule has 0 bridgehead atoms. The normalized spacial score (nSPS) is 19.3. The molecule has 0 saturated carbocycles. The molecule has 1 fully saturated rings. The first-order valence-corrected chi connectivity index (χ1v) is 9.77. The smallest absolute Gasteiger partial charge is 0.323 e. The van der Waals surface area contributed by atoms with Gasteiger partial charge in [0.25, 0.3) is 0 Å². The van der Waals surface area contributed by atoms with Gasteiger partial charge in [0.15, 0.2) is 9.84 Å². The monoisotopic (exact) mass is 408 g/mol. The first-order chi connectivity index (χ1) is 12.0. The molecule has 0 spiro atoms. The molecule has 1 saturated heterocycles. The summed E-state index contributed by atoms with van der Waals surface area (Å²) >= 11 is 5.80. The molecular weight excluding hydrogens is 393 g/mol. The van der Waals surface area contributed by atoms with Crippen molar-refractivity contribution in [1.82, 2.24) is 4.90 Å². The van der Waals surface area contributed by atoms with Crippen molar-refractivity contribution in [2.45, 2.75) is 18.6 Å². The summed E-state index contributed by atoms with van der Waals surface area (Å²) < 4.78 is 62.4. The minimum atomic E-state index is -4.69. The highest BCUT2D eigenvalue weighted by Gasteiger charge is 2.36. The number of nitrogens with zero attached hydrogens (tertiary/aromatic N) is 1. The number of para-hydroxylation sites is 1. The van der Waals surface area contributed by atoms with Gasteiger partial charge in [0.2, 0.25) is 5.91 Å². The maximum absolute atomic E-state index is 13.1. The highest BCUT2D eigenvalue weighted by Crippen LogP contribution is 2.38. The van der Waals surface area contributed by atoms with E-state index in [1.165, 1.54) is 11.0 Å². The van der Waals surface area contributed by atoms with E-state index in [9.17, 15) is 26.4 Å². The molecule has 26 heavy (non-hydrogen) atoms. The van der Waals surface area contributed by atoms with Gasteiger partial charge in [0.05, 0.1) is 40.9 Å². The van der Waals surface area contributed by atoms with E-state index < -0.39 is 39.2 Å². The molecule has 1 aromatic carbocycles. The predicted molar refractivity (Wildman–Crippen MR) is 92.5 cm³/mol. The quantitative estimate of drug-likeness (QED) is 0.760. The number of terminal acetylenes is 1. The van der Waals surface area contributed by atoms with Crippen LogP contribution in [0.3, 0.4) is 0 Å². The number of carbonyl (C=O) groups excluding carboxylic acids is 1. The van der Waals surface area contributed by atoms with Crippen LogP contribution in [-0.2, 0) is 20.8 Å². The third-order valence-corrected chi connectivity index (χ3v) is 6.01. The minimum absolute atomic E-state index is 0.00224. The summed E-state index contributed by atoms with van der Waals surface area (Å²) in [5.74, 6) is 1.42. The summed E-state index contributed by atoms with van der Waals surface area (Å²) in [7, 11) is -3.20. The van der Waals surface area contributed by atoms with Gasteiger partial charge < -0.3 is 5.32 Å². The standard InChI is InChI=1S/C16H16ClF3N2O3S/c1-2-7-22(11-6-8-26(24,25)10-11)9-14(23)21-15-12(16(18,19)20)4-3-5-13(15)17/h1,3-5,11H,6-10H2,(H,21,23). The van der Waals surface area contributed by atoms with Gasteiger partial charge in [-0.2, -0.15) is 13.2 Å². The maximum atomic E-state index is 13.1. The largest absolute Gasteiger partial charge is 0.418 e. The van der Waals surface area contributed by atoms with Crippen molar-refractivity contribution in [2.75, 3.05) is 29.9 Å². The molecule has 0 aromatic heterocycles. The number of hydrogen-bond donors (Lipinski definition) is 1. The van der Waals surface area contributed by atoms with Gasteiger partial charge in [0, 0.05) is 6.04 Å². The lowest BCUT2D eigenvalue weighted by molar-refractivity contribution is -0.137. The van der Waals surface area contributed by atoms with E-state index >= 15 is 0 Å². The molecule has 1 aliphatic rings. The zero-order valence-corrected chi connectivity index (χ0v) is 15.1. The number of anilines is 1. The van der Waals surface area contributed by atoms with Crippen LogP contribution in [0.4, 0.5) is 18.9 Å². The summed E-state index contributed by atoms with van der Waals surface area (Å²) in [5, 5.41) is 1.92. The summed E-state index contributed by atoms with van der Waals surface area (Å²) in [6.07, 6.45) is 0.883. The zero-order valence-electron chi connectivity index (χ0n) is 13.5. The van der Waals surface area contributed by atoms with E-state index in [0.717, 1.165) is 12.1 Å². The fraction of sp³-hybridized carbons (Fsp3) is 0.438. The van der Waals surface area contributed by atoms with Crippen molar-refractivity contribution < 1.29 is 26.4 Å². The maximum Gasteiger partial charge on any atom is 0.418 e. The third kappa shape index (κ3) is 5.13. The van der Waals surface area contributed by atoms with Crippen LogP contribution in [0.25, 0.3) is 0 Å². The number of halogens is 4. The number of carbonyl (C=O) groups is 1. The van der Waals surface area contributed by atoms with Crippen LogP contribution in [0, 0.1) is 12.3 Å². The van der Waals surface area contributed by atoms with Gasteiger partial charge in [-0.25, -0.2) is 8.42 Å². The van der Waals surface area contributed by atoms with E-state index in [0.29, 0.717) is 6.42 Å². The molecule has 5 nitrogen and oxygen atoms in total. The van der Waals surface area contributed by atoms with Gasteiger partial charge in [-0.15, -0.1) is 6.42 Å². The molecule has 0 aliphatic carbocycles. The number of alkyl halides is 3. The Bertz CT molecular complexity index is 834. The molecule has 1 heterocycles. The van der Waals surface area contributed by atoms with Gasteiger partial charge in [-0.1, -0.05) is 23.6 Å². The number of amides is 1. The van der Waals surface area contributed by atoms with Crippen LogP contribution in [0.2, 0.25) is 5.02 Å². The van der Waals surface area contributed by atoms with E-state index in [-0.39, 0.29) is 29.6 Å². The molecule has 0 radical (unpaired) electrons. The summed E-state index contributed by atoms with van der Waals surface area (Å²) in [6.45, 7) is -0.338. The van der Waals surface area contributed by atoms with E-state index in [1.807, 2.05) is 0 Å². The van der Waals surface area contributed by atoms with Gasteiger partial charge in [0.1, 0.15) is 0 Å². The Hall–Kier alpha value is -1.76. The summed E-state index contributed by atoms with van der Waals surface area (Å²) in [5.41, 5.74) is -1.60. The number of benzene rings is 1. The van der Waals surface area contributed by atoms with Gasteiger partial charge in [-0.05, 0) is 18.6 Å². The van der Waals surface area contributed by atoms with E-state index in [1.54, 1.807) is 0 Å². The Morgan fingerprint density at radius 1 is 1.42 bits per heavy atom. The van der Waals surface area contributed by atoms with Crippen molar-refractivity contribution in [2.24, 2.45) is 0 Å². The highest BCUT2D eigenvalue weighted by atomic mass is 35.5. The van der Waals surface area contributed by atoms with Crippen molar-refractivity contribution >= 4 is 33.0 Å². The zero-order chi connectivity index (χ0) is 19.5. The van der Waals surface area contributed by atoms with Crippen LogP contribution in [0.15, 0.2) is 18.2 Å². The first kappa shape index (κ1) is 20.6. The average Bonchev–Trinajstić information content (AvgIpc) is 2.88. The number of sulfone groups is 1. The molecule has 1 amide bonds. The Labute approximate surface area is 154 Å². The van der Waals surface area contributed by atoms with Crippen LogP contribution in [-0.4, -0.2) is 49.9 Å². The van der Waals surface area contributed by atoms with Crippen LogP contribution >= 0.6 is 11.6 Å². The van der Waals surface area contributed by atoms with Crippen LogP contribution in [0.1, 0.15) is 12.0 Å². The summed E-state index contributed by atoms with van der Waals surface area (Å²) in [4.78, 5) is 13.7. The fourth-order valence-electron chi connectivity index (χ4n) is 2.75. The highest BCUT2D eigenvalue weighted by molar-refractivity contribution is 7.91. The van der Waals surface area contributed by atoms with E-state index in [4.69, 9.17) is 18.0 Å². The van der Waals surface area contributed by atoms with Crippen molar-refractivity contribution in [1.29, 1.82) is 0 Å². The fourth-order valence-corrected chi connectivity index (χ4v) is 4.73. The van der Waals surface area contributed by atoms with Gasteiger partial charge in [-0.3, -0.25) is 9.69 Å². The molecule has 2 rings (SSSR count). The molecule has 10 heteroatoms. The number of rotatable bonds is 5. The second-order valence-electron chi connectivity index (χ2n) is 5.87. The van der Waals surface area contributed by atoms with Gasteiger partial charge >= 0.3 is 6.18 Å². The summed E-state index contributed by atoms with van der Waals surface area (Å²) in [6, 6.07) is 2.73. The lowest BCUT2D eigenvalue weighted by atomic mass is 10.1. The van der Waals surface area contributed by atoms with E-state index in [2.05, 4.69) is 11.2 Å². The molecule has 1 N–H and O–H groups in total. The van der Waals surface area contributed by atoms with Crippen molar-refractivity contribution in [3.8, 4) is 12.3 Å². The average molecular weight is 409 g/mol. The molecule has 1 aromatic rings. The molecule has 1 unspecified atom stereocenters. The Morgan fingerprint density at radius 2 is 2.12 bits per heavy atom. The van der Waals surface area contributed by atoms with Crippen molar-refractivity contribution in [3.05, 3.63) is 28.8 Å².